The van der Waals surface area contributed by atoms with Crippen molar-refractivity contribution < 1.29 is 18.0 Å². The van der Waals surface area contributed by atoms with Crippen molar-refractivity contribution >= 4 is 11.6 Å². The maximum atomic E-state index is 13.4. The van der Waals surface area contributed by atoms with Gasteiger partial charge in [-0.2, -0.15) is 0 Å². The maximum Gasteiger partial charge on any atom is 0.254 e. The molecular weight excluding hydrogens is 281 g/mol. The Morgan fingerprint density at radius 1 is 1.00 bits per heavy atom. The van der Waals surface area contributed by atoms with Crippen LogP contribution in [0.4, 0.5) is 18.9 Å². The summed E-state index contributed by atoms with van der Waals surface area (Å²) < 4.78 is 39.2. The average molecular weight is 294 g/mol. The third-order valence-electron chi connectivity index (χ3n) is 2.96. The summed E-state index contributed by atoms with van der Waals surface area (Å²) >= 11 is 0. The number of hydrogen-bond donors (Lipinski definition) is 2. The Morgan fingerprint density at radius 3 is 2.33 bits per heavy atom. The van der Waals surface area contributed by atoms with Crippen molar-refractivity contribution in [2.24, 2.45) is 0 Å². The first-order valence-electron chi connectivity index (χ1n) is 6.25. The molecule has 0 saturated heterocycles. The number of nitrogen functional groups attached to an aromatic ring is 1. The van der Waals surface area contributed by atoms with Crippen molar-refractivity contribution in [3.63, 3.8) is 0 Å². The smallest absolute Gasteiger partial charge is 0.254 e. The summed E-state index contributed by atoms with van der Waals surface area (Å²) in [6, 6.07) is 8.69. The maximum absolute atomic E-state index is 13.4. The molecule has 0 heterocycles. The number of carbonyl (C=O) groups excluding carboxylic acids is 1. The molecule has 0 aliphatic rings. The normalized spacial score (nSPS) is 10.4. The molecule has 21 heavy (non-hydrogen) atoms. The quantitative estimate of drug-likeness (QED) is 0.673. The summed E-state index contributed by atoms with van der Waals surface area (Å²) in [5.74, 6) is -5.26. The number of anilines is 1. The van der Waals surface area contributed by atoms with Crippen LogP contribution in [0, 0.1) is 17.5 Å². The molecule has 0 atom stereocenters. The lowest BCUT2D eigenvalue weighted by Crippen LogP contribution is -2.27. The van der Waals surface area contributed by atoms with Gasteiger partial charge in [-0.05, 0) is 36.2 Å². The molecule has 2 rings (SSSR count). The van der Waals surface area contributed by atoms with Crippen LogP contribution >= 0.6 is 0 Å². The van der Waals surface area contributed by atoms with E-state index in [0.717, 1.165) is 11.6 Å². The summed E-state index contributed by atoms with van der Waals surface area (Å²) in [6.45, 7) is 0.237. The fourth-order valence-corrected chi connectivity index (χ4v) is 1.80. The Morgan fingerprint density at radius 2 is 1.67 bits per heavy atom. The third kappa shape index (κ3) is 3.53. The van der Waals surface area contributed by atoms with Gasteiger partial charge < -0.3 is 11.1 Å². The van der Waals surface area contributed by atoms with Gasteiger partial charge in [-0.3, -0.25) is 4.79 Å². The van der Waals surface area contributed by atoms with E-state index in [9.17, 15) is 18.0 Å². The highest BCUT2D eigenvalue weighted by Gasteiger charge is 2.18. The van der Waals surface area contributed by atoms with Gasteiger partial charge in [0.05, 0.1) is 5.56 Å². The third-order valence-corrected chi connectivity index (χ3v) is 2.96. The van der Waals surface area contributed by atoms with Gasteiger partial charge >= 0.3 is 0 Å². The van der Waals surface area contributed by atoms with E-state index in [0.29, 0.717) is 18.2 Å². The Hall–Kier alpha value is -2.50. The Kier molecular flexibility index (Phi) is 4.47. The Balaban J connectivity index is 1.96. The predicted octanol–water partition coefficient (Wildman–Crippen LogP) is 2.66. The van der Waals surface area contributed by atoms with Gasteiger partial charge in [0.15, 0.2) is 17.5 Å². The summed E-state index contributed by atoms with van der Waals surface area (Å²) in [7, 11) is 0. The lowest BCUT2D eigenvalue weighted by molar-refractivity contribution is 0.0949. The molecule has 3 nitrogen and oxygen atoms in total. The number of carbonyl (C=O) groups is 1. The van der Waals surface area contributed by atoms with Crippen LogP contribution in [0.2, 0.25) is 0 Å². The van der Waals surface area contributed by atoms with Crippen molar-refractivity contribution in [2.45, 2.75) is 6.42 Å². The van der Waals surface area contributed by atoms with Gasteiger partial charge in [-0.25, -0.2) is 13.2 Å². The second-order valence-corrected chi connectivity index (χ2v) is 4.47. The highest BCUT2D eigenvalue weighted by molar-refractivity contribution is 5.94. The van der Waals surface area contributed by atoms with Crippen LogP contribution in [0.5, 0.6) is 0 Å². The molecule has 0 saturated carbocycles. The minimum atomic E-state index is -1.65. The van der Waals surface area contributed by atoms with Crippen LogP contribution in [0.25, 0.3) is 0 Å². The number of nitrogens with two attached hydrogens (primary N) is 1. The molecule has 0 aliphatic heterocycles. The van der Waals surface area contributed by atoms with Crippen LogP contribution in [-0.2, 0) is 6.42 Å². The standard InChI is InChI=1S/C15H13F3N2O/c16-12-6-5-11(13(17)14(12)18)15(21)20-8-7-9-1-3-10(19)4-2-9/h1-6H,7-8,19H2,(H,20,21). The molecule has 0 fully saturated rings. The lowest BCUT2D eigenvalue weighted by Gasteiger charge is -2.07. The largest absolute Gasteiger partial charge is 0.399 e. The highest BCUT2D eigenvalue weighted by Crippen LogP contribution is 2.15. The molecular formula is C15H13F3N2O. The number of benzene rings is 2. The molecule has 2 aromatic rings. The van der Waals surface area contributed by atoms with Crippen molar-refractivity contribution in [1.29, 1.82) is 0 Å². The molecule has 3 N–H and O–H groups in total. The Labute approximate surface area is 119 Å². The van der Waals surface area contributed by atoms with Gasteiger partial charge in [-0.1, -0.05) is 12.1 Å². The number of amides is 1. The number of halogens is 3. The van der Waals surface area contributed by atoms with Gasteiger partial charge in [0.25, 0.3) is 5.91 Å². The van der Waals surface area contributed by atoms with Crippen molar-refractivity contribution in [3.05, 3.63) is 65.0 Å². The fourth-order valence-electron chi connectivity index (χ4n) is 1.80. The van der Waals surface area contributed by atoms with E-state index >= 15 is 0 Å². The summed E-state index contributed by atoms with van der Waals surface area (Å²) in [4.78, 5) is 11.7. The fraction of sp³-hybridized carbons (Fsp3) is 0.133. The van der Waals surface area contributed by atoms with Crippen molar-refractivity contribution in [2.75, 3.05) is 12.3 Å². The molecule has 2 aromatic carbocycles. The first-order chi connectivity index (χ1) is 9.99. The molecule has 0 unspecified atom stereocenters. The number of rotatable bonds is 4. The van der Waals surface area contributed by atoms with E-state index in [2.05, 4.69) is 5.32 Å². The van der Waals surface area contributed by atoms with E-state index in [1.807, 2.05) is 0 Å². The molecule has 0 aromatic heterocycles. The molecule has 0 spiro atoms. The molecule has 1 amide bonds. The van der Waals surface area contributed by atoms with Crippen LogP contribution in [0.15, 0.2) is 36.4 Å². The zero-order valence-electron chi connectivity index (χ0n) is 11.0. The summed E-state index contributed by atoms with van der Waals surface area (Å²) in [5.41, 5.74) is 6.59. The first kappa shape index (κ1) is 14.9. The van der Waals surface area contributed by atoms with E-state index in [4.69, 9.17) is 5.73 Å². The van der Waals surface area contributed by atoms with Gasteiger partial charge in [0.1, 0.15) is 0 Å². The van der Waals surface area contributed by atoms with E-state index in [1.165, 1.54) is 0 Å². The monoisotopic (exact) mass is 294 g/mol. The minimum Gasteiger partial charge on any atom is -0.399 e. The van der Waals surface area contributed by atoms with Crippen LogP contribution in [0.3, 0.4) is 0 Å². The predicted molar refractivity (Wildman–Crippen MR) is 73.2 cm³/mol. The minimum absolute atomic E-state index is 0.237. The van der Waals surface area contributed by atoms with Gasteiger partial charge in [-0.15, -0.1) is 0 Å². The van der Waals surface area contributed by atoms with Crippen LogP contribution in [0.1, 0.15) is 15.9 Å². The second-order valence-electron chi connectivity index (χ2n) is 4.47. The highest BCUT2D eigenvalue weighted by atomic mass is 19.2. The van der Waals surface area contributed by atoms with Crippen molar-refractivity contribution in [1.82, 2.24) is 5.32 Å². The number of hydrogen-bond acceptors (Lipinski definition) is 2. The van der Waals surface area contributed by atoms with E-state index in [-0.39, 0.29) is 6.54 Å². The first-order valence-corrected chi connectivity index (χ1v) is 6.25. The average Bonchev–Trinajstić information content (AvgIpc) is 2.47. The van der Waals surface area contributed by atoms with Crippen LogP contribution in [-0.4, -0.2) is 12.5 Å². The summed E-state index contributed by atoms with van der Waals surface area (Å²) in [6.07, 6.45) is 0.511. The van der Waals surface area contributed by atoms with E-state index < -0.39 is 28.9 Å². The molecule has 0 aliphatic carbocycles. The SMILES string of the molecule is Nc1ccc(CCNC(=O)c2ccc(F)c(F)c2F)cc1. The molecule has 110 valence electrons. The lowest BCUT2D eigenvalue weighted by atomic mass is 10.1. The van der Waals surface area contributed by atoms with Crippen molar-refractivity contribution in [3.8, 4) is 0 Å². The molecule has 6 heteroatoms. The van der Waals surface area contributed by atoms with E-state index in [1.54, 1.807) is 24.3 Å². The van der Waals surface area contributed by atoms with Gasteiger partial charge in [0, 0.05) is 12.2 Å². The second kappa shape index (κ2) is 6.30. The van der Waals surface area contributed by atoms with Gasteiger partial charge in [0.2, 0.25) is 0 Å². The summed E-state index contributed by atoms with van der Waals surface area (Å²) in [5, 5.41) is 2.45. The van der Waals surface area contributed by atoms with Crippen LogP contribution < -0.4 is 11.1 Å². The zero-order valence-corrected chi connectivity index (χ0v) is 11.0. The topological polar surface area (TPSA) is 55.1 Å². The molecule has 0 bridgehead atoms. The Bertz CT molecular complexity index is 657. The zero-order chi connectivity index (χ0) is 15.4. The number of nitrogens with one attached hydrogen (secondary N) is 1. The molecule has 0 radical (unpaired) electrons.